The van der Waals surface area contributed by atoms with Gasteiger partial charge in [-0.3, -0.25) is 20.4 Å². The first-order chi connectivity index (χ1) is 12.8. The number of hydrogen-bond donors (Lipinski definition) is 2. The van der Waals surface area contributed by atoms with Crippen molar-refractivity contribution < 1.29 is 22.8 Å². The lowest BCUT2D eigenvalue weighted by Crippen LogP contribution is -2.41. The summed E-state index contributed by atoms with van der Waals surface area (Å²) in [4.78, 5) is 23.7. The topological polar surface area (TPSA) is 82.0 Å². The number of nitriles is 1. The van der Waals surface area contributed by atoms with Crippen molar-refractivity contribution in [1.82, 2.24) is 10.9 Å². The van der Waals surface area contributed by atoms with E-state index in [1.54, 1.807) is 24.3 Å². The van der Waals surface area contributed by atoms with Crippen molar-refractivity contribution >= 4 is 11.8 Å². The van der Waals surface area contributed by atoms with Crippen molar-refractivity contribution in [2.75, 3.05) is 0 Å². The van der Waals surface area contributed by atoms with Crippen LogP contribution in [0.15, 0.2) is 48.5 Å². The van der Waals surface area contributed by atoms with Crippen molar-refractivity contribution in [2.24, 2.45) is 0 Å². The molecule has 0 radical (unpaired) electrons. The van der Waals surface area contributed by atoms with Crippen LogP contribution < -0.4 is 10.9 Å². The summed E-state index contributed by atoms with van der Waals surface area (Å²) in [6.07, 6.45) is -4.15. The van der Waals surface area contributed by atoms with Gasteiger partial charge in [0.1, 0.15) is 0 Å². The van der Waals surface area contributed by atoms with Crippen molar-refractivity contribution in [1.29, 1.82) is 5.26 Å². The number of hydrogen-bond acceptors (Lipinski definition) is 3. The van der Waals surface area contributed by atoms with Crippen LogP contribution in [0, 0.1) is 11.3 Å². The van der Waals surface area contributed by atoms with E-state index >= 15 is 0 Å². The molecule has 2 rings (SSSR count). The first-order valence-electron chi connectivity index (χ1n) is 8.01. The molecule has 2 aromatic carbocycles. The molecule has 140 valence electrons. The van der Waals surface area contributed by atoms with Gasteiger partial charge < -0.3 is 0 Å². The summed E-state index contributed by atoms with van der Waals surface area (Å²) in [5.74, 6) is -1.05. The number of alkyl halides is 3. The van der Waals surface area contributed by atoms with Gasteiger partial charge in [0.15, 0.2) is 0 Å². The van der Waals surface area contributed by atoms with Crippen molar-refractivity contribution in [3.8, 4) is 6.07 Å². The van der Waals surface area contributed by atoms with Crippen LogP contribution in [0.3, 0.4) is 0 Å². The van der Waals surface area contributed by atoms with Gasteiger partial charge in [0.25, 0.3) is 5.91 Å². The number of hydrazine groups is 1. The van der Waals surface area contributed by atoms with Crippen LogP contribution in [0.25, 0.3) is 0 Å². The largest absolute Gasteiger partial charge is 0.416 e. The number of nitrogens with zero attached hydrogens (tertiary/aromatic N) is 1. The van der Waals surface area contributed by atoms with Crippen LogP contribution in [0.5, 0.6) is 0 Å². The molecular weight excluding hydrogens is 359 g/mol. The van der Waals surface area contributed by atoms with Crippen LogP contribution in [0.2, 0.25) is 0 Å². The maximum absolute atomic E-state index is 12.6. The van der Waals surface area contributed by atoms with E-state index in [-0.39, 0.29) is 24.8 Å². The van der Waals surface area contributed by atoms with Crippen molar-refractivity contribution in [3.63, 3.8) is 0 Å². The van der Waals surface area contributed by atoms with E-state index in [4.69, 9.17) is 5.26 Å². The number of benzene rings is 2. The Labute approximate surface area is 153 Å². The fraction of sp³-hybridized carbons (Fsp3) is 0.211. The minimum absolute atomic E-state index is 0.0339. The second kappa shape index (κ2) is 8.85. The molecule has 0 aliphatic carbocycles. The lowest BCUT2D eigenvalue weighted by atomic mass is 9.98. The first kappa shape index (κ1) is 20.0. The Kier molecular flexibility index (Phi) is 6.55. The summed E-state index contributed by atoms with van der Waals surface area (Å²) in [6.45, 7) is 0. The lowest BCUT2D eigenvalue weighted by molar-refractivity contribution is -0.137. The van der Waals surface area contributed by atoms with Gasteiger partial charge >= 0.3 is 6.18 Å². The summed E-state index contributed by atoms with van der Waals surface area (Å²) in [7, 11) is 0. The average Bonchev–Trinajstić information content (AvgIpc) is 2.64. The number of amides is 2. The molecule has 2 amide bonds. The maximum Gasteiger partial charge on any atom is 0.416 e. The highest BCUT2D eigenvalue weighted by atomic mass is 19.4. The summed E-state index contributed by atoms with van der Waals surface area (Å²) >= 11 is 0. The quantitative estimate of drug-likeness (QED) is 0.787. The number of carbonyl (C=O) groups excluding carboxylic acids is 2. The third kappa shape index (κ3) is 5.85. The predicted octanol–water partition coefficient (Wildman–Crippen LogP) is 3.36. The van der Waals surface area contributed by atoms with Crippen molar-refractivity contribution in [3.05, 3.63) is 70.8 Å². The van der Waals surface area contributed by atoms with Crippen LogP contribution in [0.4, 0.5) is 13.2 Å². The smallest absolute Gasteiger partial charge is 0.273 e. The third-order valence-corrected chi connectivity index (χ3v) is 3.72. The summed E-state index contributed by atoms with van der Waals surface area (Å²) in [5.41, 5.74) is 5.24. The van der Waals surface area contributed by atoms with Gasteiger partial charge in [0.05, 0.1) is 11.6 Å². The summed E-state index contributed by atoms with van der Waals surface area (Å²) in [6, 6.07) is 13.1. The fourth-order valence-electron chi connectivity index (χ4n) is 2.35. The predicted molar refractivity (Wildman–Crippen MR) is 91.1 cm³/mol. The van der Waals surface area contributed by atoms with Crippen LogP contribution >= 0.6 is 0 Å². The van der Waals surface area contributed by atoms with E-state index in [0.29, 0.717) is 11.1 Å². The molecule has 0 saturated carbocycles. The Morgan fingerprint density at radius 1 is 1.00 bits per heavy atom. The van der Waals surface area contributed by atoms with Gasteiger partial charge in [-0.15, -0.1) is 0 Å². The lowest BCUT2D eigenvalue weighted by Gasteiger charge is -2.12. The second-order valence-electron chi connectivity index (χ2n) is 5.69. The molecule has 8 heteroatoms. The number of rotatable bonds is 5. The summed E-state index contributed by atoms with van der Waals surface area (Å²) < 4.78 is 37.9. The molecule has 0 heterocycles. The highest BCUT2D eigenvalue weighted by molar-refractivity contribution is 5.96. The van der Waals surface area contributed by atoms with E-state index in [0.717, 1.165) is 12.1 Å². The van der Waals surface area contributed by atoms with Crippen LogP contribution in [0.1, 0.15) is 39.9 Å². The minimum atomic E-state index is -4.40. The molecule has 5 nitrogen and oxygen atoms in total. The number of carbonyl (C=O) groups is 2. The molecule has 0 aromatic heterocycles. The Morgan fingerprint density at radius 3 is 2.30 bits per heavy atom. The molecule has 0 atom stereocenters. The molecule has 0 aliphatic rings. The minimum Gasteiger partial charge on any atom is -0.273 e. The maximum atomic E-state index is 12.6. The standard InChI is InChI=1S/C19H16F3N3O2/c20-19(21,22)15-9-7-13(8-10-15)12-14-4-1-2-5-16(14)18(27)25-24-17(26)6-3-11-23/h1-2,4-5,7-10H,3,6,12H2,(H,24,26)(H,25,27). The third-order valence-electron chi connectivity index (χ3n) is 3.72. The Bertz CT molecular complexity index is 856. The zero-order valence-corrected chi connectivity index (χ0v) is 14.1. The average molecular weight is 375 g/mol. The monoisotopic (exact) mass is 375 g/mol. The molecule has 0 bridgehead atoms. The van der Waals surface area contributed by atoms with E-state index in [9.17, 15) is 22.8 Å². The molecule has 0 aliphatic heterocycles. The Hall–Kier alpha value is -3.34. The van der Waals surface area contributed by atoms with Gasteiger partial charge in [-0.25, -0.2) is 0 Å². The molecular formula is C19H16F3N3O2. The zero-order valence-electron chi connectivity index (χ0n) is 14.1. The normalized spacial score (nSPS) is 10.7. The van der Waals surface area contributed by atoms with Gasteiger partial charge in [-0.2, -0.15) is 18.4 Å². The van der Waals surface area contributed by atoms with Crippen LogP contribution in [-0.2, 0) is 17.4 Å². The highest BCUT2D eigenvalue weighted by Crippen LogP contribution is 2.29. The fourth-order valence-corrected chi connectivity index (χ4v) is 2.35. The molecule has 0 spiro atoms. The SMILES string of the molecule is N#CCCC(=O)NNC(=O)c1ccccc1Cc1ccc(C(F)(F)F)cc1. The Morgan fingerprint density at radius 2 is 1.67 bits per heavy atom. The van der Waals surface area contributed by atoms with Gasteiger partial charge in [0, 0.05) is 18.4 Å². The molecule has 27 heavy (non-hydrogen) atoms. The van der Waals surface area contributed by atoms with Crippen molar-refractivity contribution in [2.45, 2.75) is 25.4 Å². The molecule has 2 aromatic rings. The van der Waals surface area contributed by atoms with E-state index in [1.165, 1.54) is 12.1 Å². The van der Waals surface area contributed by atoms with E-state index < -0.39 is 23.6 Å². The first-order valence-corrected chi connectivity index (χ1v) is 8.01. The molecule has 0 saturated heterocycles. The zero-order chi connectivity index (χ0) is 19.9. The van der Waals surface area contributed by atoms with Gasteiger partial charge in [-0.05, 0) is 35.7 Å². The molecule has 0 unspecified atom stereocenters. The van der Waals surface area contributed by atoms with E-state index in [2.05, 4.69) is 10.9 Å². The van der Waals surface area contributed by atoms with E-state index in [1.807, 2.05) is 6.07 Å². The number of nitrogens with one attached hydrogen (secondary N) is 2. The number of halogens is 3. The Balaban J connectivity index is 2.08. The van der Waals surface area contributed by atoms with Gasteiger partial charge in [-0.1, -0.05) is 30.3 Å². The van der Waals surface area contributed by atoms with Gasteiger partial charge in [0.2, 0.25) is 5.91 Å². The van der Waals surface area contributed by atoms with Crippen LogP contribution in [-0.4, -0.2) is 11.8 Å². The highest BCUT2D eigenvalue weighted by Gasteiger charge is 2.29. The second-order valence-corrected chi connectivity index (χ2v) is 5.69. The molecule has 2 N–H and O–H groups in total. The molecule has 0 fully saturated rings. The summed E-state index contributed by atoms with van der Waals surface area (Å²) in [5, 5.41) is 8.43.